The number of rotatable bonds is 8. The van der Waals surface area contributed by atoms with Crippen molar-refractivity contribution < 1.29 is 24.5 Å². The van der Waals surface area contributed by atoms with E-state index in [4.69, 9.17) is 21.3 Å². The zero-order chi connectivity index (χ0) is 27.9. The van der Waals surface area contributed by atoms with Crippen LogP contribution in [0.5, 0.6) is 5.75 Å². The number of hydrogen-bond donors (Lipinski definition) is 4. The van der Waals surface area contributed by atoms with Crippen molar-refractivity contribution in [2.75, 3.05) is 24.6 Å². The van der Waals surface area contributed by atoms with Gasteiger partial charge in [0.1, 0.15) is 5.75 Å². The number of carboxylic acid groups (broad SMARTS) is 2. The highest BCUT2D eigenvalue weighted by atomic mass is 32.2. The molecule has 1 aliphatic heterocycles. The van der Waals surface area contributed by atoms with Crippen LogP contribution in [-0.2, 0) is 10.5 Å². The van der Waals surface area contributed by atoms with Crippen molar-refractivity contribution in [3.05, 3.63) is 64.5 Å². The minimum Gasteiger partial charge on any atom is -0.480 e. The molecule has 38 heavy (non-hydrogen) atoms. The van der Waals surface area contributed by atoms with E-state index in [0.29, 0.717) is 21.7 Å². The van der Waals surface area contributed by atoms with E-state index in [1.165, 1.54) is 31.4 Å². The Labute approximate surface area is 231 Å². The van der Waals surface area contributed by atoms with E-state index < -0.39 is 18.5 Å². The Hall–Kier alpha value is -3.21. The highest BCUT2D eigenvalue weighted by Crippen LogP contribution is 2.41. The molecule has 1 aliphatic rings. The first-order valence-corrected chi connectivity index (χ1v) is 14.1. The smallest absolute Gasteiger partial charge is 0.349 e. The number of benzene rings is 2. The van der Waals surface area contributed by atoms with Crippen LogP contribution in [0.25, 0.3) is 10.4 Å². The van der Waals surface area contributed by atoms with Gasteiger partial charge in [-0.3, -0.25) is 0 Å². The van der Waals surface area contributed by atoms with E-state index in [2.05, 4.69) is 30.3 Å². The Morgan fingerprint density at radius 2 is 1.76 bits per heavy atom. The van der Waals surface area contributed by atoms with Gasteiger partial charge >= 0.3 is 11.9 Å². The zero-order valence-electron chi connectivity index (χ0n) is 21.9. The summed E-state index contributed by atoms with van der Waals surface area (Å²) in [5, 5.41) is 17.9. The van der Waals surface area contributed by atoms with Crippen molar-refractivity contribution >= 4 is 46.6 Å². The minimum absolute atomic E-state index is 0.0221. The summed E-state index contributed by atoms with van der Waals surface area (Å²) in [6, 6.07) is 15.2. The molecule has 1 fully saturated rings. The molecule has 4 rings (SSSR count). The average molecular weight is 558 g/mol. The van der Waals surface area contributed by atoms with Gasteiger partial charge in [0.05, 0.1) is 0 Å². The molecule has 0 radical (unpaired) electrons. The number of ether oxygens (including phenoxy) is 1. The lowest BCUT2D eigenvalue weighted by molar-refractivity contribution is -0.139. The molecule has 1 saturated heterocycles. The van der Waals surface area contributed by atoms with Gasteiger partial charge in [0.25, 0.3) is 0 Å². The first-order valence-electron chi connectivity index (χ1n) is 12.3. The number of carboxylic acids is 2. The van der Waals surface area contributed by atoms with Crippen molar-refractivity contribution in [1.29, 1.82) is 0 Å². The number of nitrogen functional groups attached to an aromatic ring is 2. The summed E-state index contributed by atoms with van der Waals surface area (Å²) in [7, 11) is 0. The van der Waals surface area contributed by atoms with E-state index in [0.717, 1.165) is 28.3 Å². The second-order valence-electron chi connectivity index (χ2n) is 9.72. The van der Waals surface area contributed by atoms with Crippen LogP contribution >= 0.6 is 23.3 Å². The van der Waals surface area contributed by atoms with E-state index in [1.54, 1.807) is 25.1 Å². The first-order chi connectivity index (χ1) is 18.0. The number of nitrogens with zero attached hydrogens (tertiary/aromatic N) is 1. The van der Waals surface area contributed by atoms with Crippen molar-refractivity contribution in [2.24, 2.45) is 0 Å². The summed E-state index contributed by atoms with van der Waals surface area (Å²) in [5.74, 6) is -1.21. The third-order valence-corrected chi connectivity index (χ3v) is 8.95. The molecule has 0 spiro atoms. The molecule has 2 heterocycles. The molecule has 0 atom stereocenters. The lowest BCUT2D eigenvalue weighted by Gasteiger charge is -2.41. The monoisotopic (exact) mass is 557 g/mol. The van der Waals surface area contributed by atoms with Crippen molar-refractivity contribution in [2.45, 2.75) is 51.3 Å². The number of hydrogen-bond acceptors (Lipinski definition) is 8. The summed E-state index contributed by atoms with van der Waals surface area (Å²) < 4.78 is 7.66. The number of thiophene rings is 1. The Bertz CT molecular complexity index is 1280. The van der Waals surface area contributed by atoms with Gasteiger partial charge in [0.15, 0.2) is 11.5 Å². The number of anilines is 2. The summed E-state index contributed by atoms with van der Waals surface area (Å²) >= 11 is 2.98. The number of aliphatic carboxylic acids is 1. The Morgan fingerprint density at radius 1 is 1.08 bits per heavy atom. The molecule has 2 aromatic carbocycles. The number of carbonyl (C=O) groups is 2. The van der Waals surface area contributed by atoms with Crippen molar-refractivity contribution in [3.63, 3.8) is 0 Å². The van der Waals surface area contributed by atoms with E-state index in [-0.39, 0.29) is 10.6 Å². The molecular weight excluding hydrogens is 522 g/mol. The molecule has 10 heteroatoms. The van der Waals surface area contributed by atoms with Crippen LogP contribution in [0.3, 0.4) is 0 Å². The second kappa shape index (κ2) is 13.0. The third kappa shape index (κ3) is 7.89. The topological polar surface area (TPSA) is 139 Å². The van der Waals surface area contributed by atoms with Gasteiger partial charge in [0, 0.05) is 39.7 Å². The van der Waals surface area contributed by atoms with Crippen LogP contribution in [0.1, 0.15) is 53.9 Å². The fraction of sp³-hybridized carbons (Fsp3) is 0.357. The number of aromatic carboxylic acids is 1. The molecule has 0 aliphatic carbocycles. The molecule has 0 unspecified atom stereocenters. The maximum Gasteiger partial charge on any atom is 0.349 e. The molecular formula is C28H35N3O5S2. The standard InChI is InChI=1S/C14H22N2S.C14H13NO5S/c1-14(2)8-3-4-9-16(14)17-11-12-6-5-7-13(15)10-12;1-7-11(20-6-10(16)17)13(14(18)19)21-12(7)8-3-2-4-9(15)5-8/h5-7,10H,3-4,8-9,11,15H2,1-2H3;2-5H,6,15H2,1H3,(H,16,17)(H,18,19). The van der Waals surface area contributed by atoms with Gasteiger partial charge in [0.2, 0.25) is 0 Å². The molecule has 3 aromatic rings. The predicted molar refractivity (Wildman–Crippen MR) is 156 cm³/mol. The largest absolute Gasteiger partial charge is 0.480 e. The minimum atomic E-state index is -1.16. The molecule has 1 aromatic heterocycles. The molecule has 8 nitrogen and oxygen atoms in total. The fourth-order valence-corrected chi connectivity index (χ4v) is 6.49. The molecule has 204 valence electrons. The van der Waals surface area contributed by atoms with Crippen LogP contribution in [0.4, 0.5) is 11.4 Å². The van der Waals surface area contributed by atoms with E-state index in [1.807, 2.05) is 30.1 Å². The Balaban J connectivity index is 0.000000215. The Kier molecular flexibility index (Phi) is 10.1. The van der Waals surface area contributed by atoms with Crippen LogP contribution in [0.2, 0.25) is 0 Å². The maximum absolute atomic E-state index is 11.3. The Morgan fingerprint density at radius 3 is 2.37 bits per heavy atom. The van der Waals surface area contributed by atoms with Gasteiger partial charge in [-0.15, -0.1) is 11.3 Å². The summed E-state index contributed by atoms with van der Waals surface area (Å²) in [6.45, 7) is 7.00. The van der Waals surface area contributed by atoms with Gasteiger partial charge in [-0.1, -0.05) is 42.6 Å². The quantitative estimate of drug-likeness (QED) is 0.190. The average Bonchev–Trinajstić information content (AvgIpc) is 3.18. The molecule has 0 bridgehead atoms. The van der Waals surface area contributed by atoms with E-state index >= 15 is 0 Å². The number of nitrogens with two attached hydrogens (primary N) is 2. The van der Waals surface area contributed by atoms with Crippen LogP contribution in [-0.4, -0.2) is 45.1 Å². The highest BCUT2D eigenvalue weighted by Gasteiger charge is 2.29. The lowest BCUT2D eigenvalue weighted by Crippen LogP contribution is -2.42. The predicted octanol–water partition coefficient (Wildman–Crippen LogP) is 6.15. The van der Waals surface area contributed by atoms with Crippen LogP contribution < -0.4 is 16.2 Å². The lowest BCUT2D eigenvalue weighted by atomic mass is 9.93. The summed E-state index contributed by atoms with van der Waals surface area (Å²) in [6.07, 6.45) is 3.99. The zero-order valence-corrected chi connectivity index (χ0v) is 23.5. The fourth-order valence-electron chi connectivity index (χ4n) is 4.22. The van der Waals surface area contributed by atoms with Gasteiger partial charge in [-0.25, -0.2) is 13.9 Å². The van der Waals surface area contributed by atoms with E-state index in [9.17, 15) is 14.7 Å². The van der Waals surface area contributed by atoms with Gasteiger partial charge in [-0.2, -0.15) is 0 Å². The summed E-state index contributed by atoms with van der Waals surface area (Å²) in [4.78, 5) is 22.6. The van der Waals surface area contributed by atoms with Crippen molar-refractivity contribution in [3.8, 4) is 16.2 Å². The molecule has 0 saturated carbocycles. The SMILES string of the molecule is CC1(C)CCCCN1SCc1cccc(N)c1.Cc1c(-c2cccc(N)c2)sc(C(=O)O)c1OCC(=O)O. The first kappa shape index (κ1) is 29.3. The highest BCUT2D eigenvalue weighted by molar-refractivity contribution is 7.96. The second-order valence-corrected chi connectivity index (χ2v) is 11.7. The normalized spacial score (nSPS) is 14.8. The molecule has 0 amide bonds. The van der Waals surface area contributed by atoms with Crippen LogP contribution in [0.15, 0.2) is 48.5 Å². The third-order valence-electron chi connectivity index (χ3n) is 6.19. The van der Waals surface area contributed by atoms with Crippen LogP contribution in [0, 0.1) is 6.92 Å². The number of piperidine rings is 1. The molecule has 6 N–H and O–H groups in total. The summed E-state index contributed by atoms with van der Waals surface area (Å²) in [5.41, 5.74) is 16.0. The van der Waals surface area contributed by atoms with Crippen molar-refractivity contribution in [1.82, 2.24) is 4.31 Å². The maximum atomic E-state index is 11.3. The van der Waals surface area contributed by atoms with Gasteiger partial charge in [-0.05, 0) is 69.0 Å². The van der Waals surface area contributed by atoms with Gasteiger partial charge < -0.3 is 26.4 Å².